The molecule has 3 rings (SSSR count). The molecule has 4 unspecified atom stereocenters. The first-order chi connectivity index (χ1) is 9.23. The summed E-state index contributed by atoms with van der Waals surface area (Å²) in [5, 5.41) is 3.04. The second-order valence-electron chi connectivity index (χ2n) is 7.45. The molecule has 1 amide bonds. The molecule has 1 aliphatic heterocycles. The van der Waals surface area contributed by atoms with Crippen LogP contribution in [0.25, 0.3) is 0 Å². The number of rotatable bonds is 2. The first kappa shape index (κ1) is 14.0. The summed E-state index contributed by atoms with van der Waals surface area (Å²) in [5.41, 5.74) is 1.66. The molecule has 5 nitrogen and oxygen atoms in total. The van der Waals surface area contributed by atoms with E-state index in [9.17, 15) is 9.59 Å². The predicted octanol–water partition coefficient (Wildman–Crippen LogP) is 1.53. The van der Waals surface area contributed by atoms with E-state index < -0.39 is 5.41 Å². The van der Waals surface area contributed by atoms with Gasteiger partial charge in [-0.1, -0.05) is 20.8 Å². The minimum atomic E-state index is -0.549. The van der Waals surface area contributed by atoms with Crippen LogP contribution in [-0.2, 0) is 14.4 Å². The van der Waals surface area contributed by atoms with Gasteiger partial charge in [-0.25, -0.2) is 0 Å². The van der Waals surface area contributed by atoms with E-state index in [4.69, 9.17) is 4.84 Å². The Labute approximate surface area is 119 Å². The molecule has 2 bridgehead atoms. The molecule has 3 aliphatic rings. The number of Topliss-reactive ketones (excluding diaryl/α,β-unsaturated/α-hetero) is 1. The highest BCUT2D eigenvalue weighted by Gasteiger charge is 2.72. The lowest BCUT2D eigenvalue weighted by Crippen LogP contribution is -2.51. The molecule has 0 aromatic rings. The maximum absolute atomic E-state index is 12.8. The summed E-state index contributed by atoms with van der Waals surface area (Å²) in [7, 11) is 0. The molecule has 1 heterocycles. The van der Waals surface area contributed by atoms with Crippen molar-refractivity contribution in [2.75, 3.05) is 0 Å². The average molecular weight is 280 g/mol. The van der Waals surface area contributed by atoms with E-state index >= 15 is 0 Å². The highest BCUT2D eigenvalue weighted by atomic mass is 16.7. The van der Waals surface area contributed by atoms with Crippen molar-refractivity contribution in [3.63, 3.8) is 0 Å². The average Bonchev–Trinajstić information content (AvgIpc) is 2.89. The van der Waals surface area contributed by atoms with E-state index in [0.717, 1.165) is 19.3 Å². The SMILES string of the molecule is CC1CC(NC(=O)C23CCC(C)(C(=O)C2)C3(C)C)NO1. The Kier molecular flexibility index (Phi) is 2.83. The van der Waals surface area contributed by atoms with Gasteiger partial charge in [0, 0.05) is 18.3 Å². The van der Waals surface area contributed by atoms with Crippen LogP contribution < -0.4 is 10.8 Å². The van der Waals surface area contributed by atoms with Crippen LogP contribution in [0.2, 0.25) is 0 Å². The van der Waals surface area contributed by atoms with E-state index in [1.807, 2.05) is 13.8 Å². The Morgan fingerprint density at radius 1 is 1.35 bits per heavy atom. The van der Waals surface area contributed by atoms with Gasteiger partial charge in [-0.05, 0) is 25.2 Å². The predicted molar refractivity (Wildman–Crippen MR) is 73.4 cm³/mol. The number of hydrogen-bond acceptors (Lipinski definition) is 4. The van der Waals surface area contributed by atoms with Gasteiger partial charge in [0.1, 0.15) is 11.9 Å². The van der Waals surface area contributed by atoms with E-state index in [-0.39, 0.29) is 34.8 Å². The van der Waals surface area contributed by atoms with Gasteiger partial charge in [0.05, 0.1) is 11.5 Å². The van der Waals surface area contributed by atoms with Crippen molar-refractivity contribution in [1.29, 1.82) is 0 Å². The summed E-state index contributed by atoms with van der Waals surface area (Å²) in [6.45, 7) is 8.14. The fourth-order valence-electron chi connectivity index (χ4n) is 4.37. The Morgan fingerprint density at radius 3 is 2.50 bits per heavy atom. The normalized spacial score (nSPS) is 45.9. The topological polar surface area (TPSA) is 67.4 Å². The van der Waals surface area contributed by atoms with E-state index in [1.54, 1.807) is 0 Å². The van der Waals surface area contributed by atoms with Crippen molar-refractivity contribution in [2.45, 2.75) is 65.6 Å². The number of amides is 1. The zero-order valence-corrected chi connectivity index (χ0v) is 12.7. The third-order valence-electron chi connectivity index (χ3n) is 6.42. The number of ketones is 1. The maximum atomic E-state index is 12.8. The highest BCUT2D eigenvalue weighted by molar-refractivity contribution is 5.99. The standard InChI is InChI=1S/C15H24N2O3/c1-9-7-11(17-20-9)16-12(19)15-6-5-14(4,10(18)8-15)13(15,2)3/h9,11,17H,5-8H2,1-4H3,(H,16,19). The van der Waals surface area contributed by atoms with Crippen LogP contribution in [0, 0.1) is 16.2 Å². The van der Waals surface area contributed by atoms with Crippen LogP contribution in [0.15, 0.2) is 0 Å². The summed E-state index contributed by atoms with van der Waals surface area (Å²) < 4.78 is 0. The van der Waals surface area contributed by atoms with Crippen molar-refractivity contribution >= 4 is 11.7 Å². The van der Waals surface area contributed by atoms with Gasteiger partial charge in [0.15, 0.2) is 0 Å². The lowest BCUT2D eigenvalue weighted by Gasteiger charge is -2.39. The van der Waals surface area contributed by atoms with Crippen molar-refractivity contribution in [3.05, 3.63) is 0 Å². The smallest absolute Gasteiger partial charge is 0.228 e. The molecule has 1 saturated heterocycles. The molecule has 5 heteroatoms. The van der Waals surface area contributed by atoms with Gasteiger partial charge in [-0.15, -0.1) is 0 Å². The molecule has 112 valence electrons. The summed E-state index contributed by atoms with van der Waals surface area (Å²) in [4.78, 5) is 30.5. The van der Waals surface area contributed by atoms with Gasteiger partial charge in [-0.3, -0.25) is 14.4 Å². The van der Waals surface area contributed by atoms with E-state index in [1.165, 1.54) is 0 Å². The fourth-order valence-corrected chi connectivity index (χ4v) is 4.37. The molecule has 2 N–H and O–H groups in total. The number of carbonyl (C=O) groups excluding carboxylic acids is 2. The number of hydrogen-bond donors (Lipinski definition) is 2. The quantitative estimate of drug-likeness (QED) is 0.805. The minimum absolute atomic E-state index is 0.00674. The summed E-state index contributed by atoms with van der Waals surface area (Å²) in [6, 6.07) is 0. The van der Waals surface area contributed by atoms with Crippen LogP contribution in [-0.4, -0.2) is 24.0 Å². The molecular weight excluding hydrogens is 256 g/mol. The zero-order chi connectivity index (χ0) is 14.8. The molecule has 3 fully saturated rings. The molecular formula is C15H24N2O3. The third-order valence-corrected chi connectivity index (χ3v) is 6.42. The number of carbonyl (C=O) groups is 2. The van der Waals surface area contributed by atoms with Crippen molar-refractivity contribution in [2.24, 2.45) is 16.2 Å². The molecule has 20 heavy (non-hydrogen) atoms. The lowest BCUT2D eigenvalue weighted by atomic mass is 9.64. The summed E-state index contributed by atoms with van der Waals surface area (Å²) >= 11 is 0. The van der Waals surface area contributed by atoms with Crippen LogP contribution in [0.5, 0.6) is 0 Å². The fraction of sp³-hybridized carbons (Fsp3) is 0.867. The minimum Gasteiger partial charge on any atom is -0.338 e. The maximum Gasteiger partial charge on any atom is 0.228 e. The Morgan fingerprint density at radius 2 is 2.05 bits per heavy atom. The number of hydroxylamine groups is 1. The van der Waals surface area contributed by atoms with Crippen LogP contribution >= 0.6 is 0 Å². The van der Waals surface area contributed by atoms with Gasteiger partial charge in [0.25, 0.3) is 0 Å². The zero-order valence-electron chi connectivity index (χ0n) is 12.7. The van der Waals surface area contributed by atoms with Crippen LogP contribution in [0.4, 0.5) is 0 Å². The van der Waals surface area contributed by atoms with E-state index in [0.29, 0.717) is 6.42 Å². The van der Waals surface area contributed by atoms with Gasteiger partial charge < -0.3 is 5.32 Å². The summed E-state index contributed by atoms with van der Waals surface area (Å²) in [5.74, 6) is 0.250. The van der Waals surface area contributed by atoms with Crippen LogP contribution in [0.1, 0.15) is 53.4 Å². The lowest BCUT2D eigenvalue weighted by molar-refractivity contribution is -0.138. The molecule has 4 atom stereocenters. The van der Waals surface area contributed by atoms with Crippen molar-refractivity contribution < 1.29 is 14.4 Å². The molecule has 0 radical (unpaired) electrons. The van der Waals surface area contributed by atoms with Crippen molar-refractivity contribution in [3.8, 4) is 0 Å². The second kappa shape index (κ2) is 4.04. The third kappa shape index (κ3) is 1.51. The van der Waals surface area contributed by atoms with Gasteiger partial charge in [-0.2, -0.15) is 5.48 Å². The highest BCUT2D eigenvalue weighted by Crippen LogP contribution is 2.70. The monoisotopic (exact) mass is 280 g/mol. The Bertz CT molecular complexity index is 476. The number of nitrogens with one attached hydrogen (secondary N) is 2. The first-order valence-corrected chi connectivity index (χ1v) is 7.48. The van der Waals surface area contributed by atoms with Gasteiger partial charge in [0.2, 0.25) is 5.91 Å². The molecule has 2 saturated carbocycles. The van der Waals surface area contributed by atoms with Crippen LogP contribution in [0.3, 0.4) is 0 Å². The molecule has 0 aromatic carbocycles. The van der Waals surface area contributed by atoms with E-state index in [2.05, 4.69) is 24.6 Å². The largest absolute Gasteiger partial charge is 0.338 e. The van der Waals surface area contributed by atoms with Gasteiger partial charge >= 0.3 is 0 Å². The molecule has 0 spiro atoms. The molecule has 0 aromatic heterocycles. The second-order valence-corrected chi connectivity index (χ2v) is 7.45. The number of fused-ring (bicyclic) bond motifs is 2. The van der Waals surface area contributed by atoms with Crippen molar-refractivity contribution in [1.82, 2.24) is 10.8 Å². The summed E-state index contributed by atoms with van der Waals surface area (Å²) in [6.07, 6.45) is 2.71. The first-order valence-electron chi connectivity index (χ1n) is 7.48. The Hall–Kier alpha value is -0.940. The Balaban J connectivity index is 1.83. The molecule has 2 aliphatic carbocycles.